The molecule has 5 aliphatic rings. The van der Waals surface area contributed by atoms with Crippen molar-refractivity contribution in [3.63, 3.8) is 0 Å². The van der Waals surface area contributed by atoms with Gasteiger partial charge in [0.05, 0.1) is 12.0 Å². The highest BCUT2D eigenvalue weighted by molar-refractivity contribution is 5.60. The normalized spacial score (nSPS) is 39.9. The monoisotopic (exact) mass is 250 g/mol. The van der Waals surface area contributed by atoms with Gasteiger partial charge >= 0.3 is 0 Å². The molecule has 0 amide bonds. The Morgan fingerprint density at radius 3 is 3.05 bits per heavy atom. The maximum Gasteiger partial charge on any atom is 0.133 e. The van der Waals surface area contributed by atoms with Crippen LogP contribution >= 0.6 is 0 Å². The average molecular weight is 250 g/mol. The van der Waals surface area contributed by atoms with Gasteiger partial charge in [-0.2, -0.15) is 0 Å². The van der Waals surface area contributed by atoms with Crippen LogP contribution in [0, 0.1) is 17.8 Å². The first-order valence-corrected chi connectivity index (χ1v) is 6.74. The minimum Gasteiger partial charge on any atom is -0.493 e. The van der Waals surface area contributed by atoms with Crippen molar-refractivity contribution >= 4 is 0 Å². The molecule has 1 fully saturated rings. The summed E-state index contributed by atoms with van der Waals surface area (Å²) >= 11 is 0. The molecule has 0 saturated carbocycles. The van der Waals surface area contributed by atoms with Crippen molar-refractivity contribution in [3.8, 4) is 0 Å². The highest BCUT2D eigenvalue weighted by Crippen LogP contribution is 2.53. The summed E-state index contributed by atoms with van der Waals surface area (Å²) in [6.07, 6.45) is 17.4. The molecule has 19 heavy (non-hydrogen) atoms. The van der Waals surface area contributed by atoms with Crippen LogP contribution in [-0.2, 0) is 4.74 Å². The van der Waals surface area contributed by atoms with Crippen LogP contribution < -0.4 is 5.84 Å². The number of hydrogen-bond donors (Lipinski definition) is 1. The van der Waals surface area contributed by atoms with E-state index in [2.05, 4.69) is 42.5 Å². The summed E-state index contributed by atoms with van der Waals surface area (Å²) in [6, 6.07) is 0. The molecule has 2 aliphatic heterocycles. The molecule has 0 spiro atoms. The van der Waals surface area contributed by atoms with E-state index in [0.29, 0.717) is 17.8 Å². The van der Waals surface area contributed by atoms with Crippen molar-refractivity contribution < 1.29 is 4.74 Å². The van der Waals surface area contributed by atoms with Gasteiger partial charge in [0.1, 0.15) is 6.10 Å². The number of hydrogen-bond acceptors (Lipinski definition) is 3. The fraction of sp³-hybridized carbons (Fsp3) is 0.250. The Kier molecular flexibility index (Phi) is 1.62. The number of fused-ring (bicyclic) bond motifs is 2. The molecule has 2 heterocycles. The summed E-state index contributed by atoms with van der Waals surface area (Å²) in [7, 11) is 0. The zero-order valence-corrected chi connectivity index (χ0v) is 10.4. The minimum atomic E-state index is 0.148. The van der Waals surface area contributed by atoms with Crippen molar-refractivity contribution in [3.05, 3.63) is 71.3 Å². The van der Waals surface area contributed by atoms with Crippen LogP contribution in [0.3, 0.4) is 0 Å². The second kappa shape index (κ2) is 3.11. The quantitative estimate of drug-likeness (QED) is 0.669. The van der Waals surface area contributed by atoms with Crippen molar-refractivity contribution in [1.29, 1.82) is 0 Å². The van der Waals surface area contributed by atoms with E-state index in [1.807, 2.05) is 11.3 Å². The number of rotatable bonds is 0. The Bertz CT molecular complexity index is 662. The van der Waals surface area contributed by atoms with Gasteiger partial charge in [-0.05, 0) is 29.4 Å². The maximum absolute atomic E-state index is 6.32. The molecule has 0 aromatic carbocycles. The second-order valence-corrected chi connectivity index (χ2v) is 5.64. The van der Waals surface area contributed by atoms with Crippen LogP contribution in [-0.4, -0.2) is 11.1 Å². The number of nitrogens with two attached hydrogens (primary N) is 1. The first kappa shape index (κ1) is 9.87. The lowest BCUT2D eigenvalue weighted by Crippen LogP contribution is -2.29. The number of ether oxygens (including phenoxy) is 1. The molecule has 0 bridgehead atoms. The van der Waals surface area contributed by atoms with Crippen LogP contribution in [0.2, 0.25) is 0 Å². The van der Waals surface area contributed by atoms with Crippen LogP contribution in [0.4, 0.5) is 0 Å². The molecule has 4 atom stereocenters. The van der Waals surface area contributed by atoms with E-state index < -0.39 is 0 Å². The predicted molar refractivity (Wildman–Crippen MR) is 72.0 cm³/mol. The second-order valence-electron chi connectivity index (χ2n) is 5.64. The fourth-order valence-electron chi connectivity index (χ4n) is 3.94. The lowest BCUT2D eigenvalue weighted by Gasteiger charge is -2.32. The zero-order valence-electron chi connectivity index (χ0n) is 10.4. The molecular formula is C16H14N2O. The summed E-state index contributed by atoms with van der Waals surface area (Å²) in [6.45, 7) is 0. The number of allylic oxidation sites excluding steroid dienone is 6. The molecule has 2 N–H and O–H groups in total. The summed E-state index contributed by atoms with van der Waals surface area (Å²) < 4.78 is 5.78. The molecule has 5 rings (SSSR count). The van der Waals surface area contributed by atoms with Gasteiger partial charge in [-0.1, -0.05) is 24.3 Å². The van der Waals surface area contributed by atoms with Crippen LogP contribution in [0.5, 0.6) is 0 Å². The van der Waals surface area contributed by atoms with Crippen LogP contribution in [0.15, 0.2) is 71.3 Å². The molecule has 3 nitrogen and oxygen atoms in total. The van der Waals surface area contributed by atoms with Gasteiger partial charge in [0.25, 0.3) is 0 Å². The van der Waals surface area contributed by atoms with Gasteiger partial charge in [0, 0.05) is 23.5 Å². The van der Waals surface area contributed by atoms with Crippen molar-refractivity contribution in [2.45, 2.75) is 6.10 Å². The van der Waals surface area contributed by atoms with E-state index in [4.69, 9.17) is 10.6 Å². The van der Waals surface area contributed by atoms with Crippen molar-refractivity contribution in [2.24, 2.45) is 23.6 Å². The molecule has 0 aromatic rings. The summed E-state index contributed by atoms with van der Waals surface area (Å²) in [5.41, 5.74) is 5.05. The lowest BCUT2D eigenvalue weighted by atomic mass is 9.72. The van der Waals surface area contributed by atoms with Gasteiger partial charge in [-0.3, -0.25) is 5.01 Å². The minimum absolute atomic E-state index is 0.148. The van der Waals surface area contributed by atoms with Gasteiger partial charge in [0.2, 0.25) is 0 Å². The standard InChI is InChI=1S/C16H14N2O/c17-18-12-3-1-2-9-4-5-11-15(14(9)12)13(18)8-10-6-7-19-16(10)11/h1-10,14,16H,17H2. The fourth-order valence-corrected chi connectivity index (χ4v) is 3.94. The maximum atomic E-state index is 6.32. The first-order valence-electron chi connectivity index (χ1n) is 6.74. The van der Waals surface area contributed by atoms with E-state index >= 15 is 0 Å². The SMILES string of the molecule is NN1C2=CC3C=COC3C3=C2C2C1=CC=CC2C=C3. The van der Waals surface area contributed by atoms with Gasteiger partial charge in [-0.25, -0.2) is 5.84 Å². The lowest BCUT2D eigenvalue weighted by molar-refractivity contribution is 0.180. The Labute approximate surface area is 111 Å². The Morgan fingerprint density at radius 1 is 1.16 bits per heavy atom. The Morgan fingerprint density at radius 2 is 2.11 bits per heavy atom. The molecule has 3 heteroatoms. The molecule has 1 saturated heterocycles. The van der Waals surface area contributed by atoms with E-state index in [1.54, 1.807) is 0 Å². The summed E-state index contributed by atoms with van der Waals surface area (Å²) in [5.74, 6) is 7.44. The van der Waals surface area contributed by atoms with E-state index in [-0.39, 0.29) is 6.10 Å². The van der Waals surface area contributed by atoms with Crippen molar-refractivity contribution in [2.75, 3.05) is 0 Å². The first-order chi connectivity index (χ1) is 9.34. The third-order valence-electron chi connectivity index (χ3n) is 4.77. The highest BCUT2D eigenvalue weighted by Gasteiger charge is 2.47. The average Bonchev–Trinajstić information content (AvgIpc) is 3.02. The summed E-state index contributed by atoms with van der Waals surface area (Å²) in [4.78, 5) is 0. The molecule has 0 radical (unpaired) electrons. The third kappa shape index (κ3) is 1.04. The Hall–Kier alpha value is -2.00. The topological polar surface area (TPSA) is 38.5 Å². The highest BCUT2D eigenvalue weighted by atomic mass is 16.5. The van der Waals surface area contributed by atoms with Crippen molar-refractivity contribution in [1.82, 2.24) is 5.01 Å². The zero-order chi connectivity index (χ0) is 12.6. The van der Waals surface area contributed by atoms with E-state index in [1.165, 1.54) is 22.5 Å². The van der Waals surface area contributed by atoms with E-state index in [9.17, 15) is 0 Å². The van der Waals surface area contributed by atoms with E-state index in [0.717, 1.165) is 0 Å². The molecule has 94 valence electrons. The predicted octanol–water partition coefficient (Wildman–Crippen LogP) is 2.15. The van der Waals surface area contributed by atoms with Gasteiger partial charge in [-0.15, -0.1) is 0 Å². The third-order valence-corrected chi connectivity index (χ3v) is 4.77. The molecule has 3 aliphatic carbocycles. The number of nitrogens with zero attached hydrogens (tertiary/aromatic N) is 1. The summed E-state index contributed by atoms with van der Waals surface area (Å²) in [5, 5.41) is 1.87. The smallest absolute Gasteiger partial charge is 0.133 e. The molecular weight excluding hydrogens is 236 g/mol. The van der Waals surface area contributed by atoms with Crippen LogP contribution in [0.25, 0.3) is 0 Å². The Balaban J connectivity index is 1.79. The largest absolute Gasteiger partial charge is 0.493 e. The number of hydrazine groups is 1. The molecule has 0 aromatic heterocycles. The van der Waals surface area contributed by atoms with Gasteiger partial charge < -0.3 is 4.74 Å². The van der Waals surface area contributed by atoms with Crippen LogP contribution in [0.1, 0.15) is 0 Å². The molecule has 4 unspecified atom stereocenters. The van der Waals surface area contributed by atoms with Gasteiger partial charge in [0.15, 0.2) is 0 Å².